The van der Waals surface area contributed by atoms with Crippen LogP contribution in [0.25, 0.3) is 0 Å². The number of methoxy groups -OCH3 is 2. The third-order valence-electron chi connectivity index (χ3n) is 5.45. The highest BCUT2D eigenvalue weighted by Gasteiger charge is 2.72. The van der Waals surface area contributed by atoms with Crippen molar-refractivity contribution in [1.82, 2.24) is 0 Å². The van der Waals surface area contributed by atoms with Crippen molar-refractivity contribution in [3.05, 3.63) is 65.2 Å². The van der Waals surface area contributed by atoms with E-state index >= 15 is 0 Å². The Kier molecular flexibility index (Phi) is 9.96. The van der Waals surface area contributed by atoms with Gasteiger partial charge >= 0.3 is 12.4 Å². The SMILES string of the molecule is COCC(O)CCc1ccc(C(c2ccc(OCC(O)COC)cc2)(C(F)(F)F)C(F)(F)F)cc1. The van der Waals surface area contributed by atoms with Gasteiger partial charge in [-0.15, -0.1) is 0 Å². The second-order valence-corrected chi connectivity index (χ2v) is 8.03. The summed E-state index contributed by atoms with van der Waals surface area (Å²) in [7, 11) is 2.75. The molecule has 35 heavy (non-hydrogen) atoms. The Morgan fingerprint density at radius 1 is 0.686 bits per heavy atom. The summed E-state index contributed by atoms with van der Waals surface area (Å²) < 4.78 is 100. The number of alkyl halides is 6. The molecule has 0 spiro atoms. The van der Waals surface area contributed by atoms with Crippen molar-refractivity contribution >= 4 is 0 Å². The first-order valence-electron chi connectivity index (χ1n) is 10.7. The number of benzene rings is 2. The number of aliphatic hydroxyl groups is 2. The fourth-order valence-electron chi connectivity index (χ4n) is 3.75. The van der Waals surface area contributed by atoms with E-state index < -0.39 is 41.1 Å². The van der Waals surface area contributed by atoms with Crippen LogP contribution in [-0.2, 0) is 21.3 Å². The van der Waals surface area contributed by atoms with E-state index in [9.17, 15) is 36.6 Å². The van der Waals surface area contributed by atoms with Gasteiger partial charge in [0.05, 0.1) is 19.3 Å². The quantitative estimate of drug-likeness (QED) is 0.414. The van der Waals surface area contributed by atoms with E-state index in [0.29, 0.717) is 17.7 Å². The van der Waals surface area contributed by atoms with Gasteiger partial charge in [0.1, 0.15) is 18.5 Å². The molecule has 2 unspecified atom stereocenters. The lowest BCUT2D eigenvalue weighted by Crippen LogP contribution is -2.54. The smallest absolute Gasteiger partial charge is 0.411 e. The number of aryl methyl sites for hydroxylation is 1. The average Bonchev–Trinajstić information content (AvgIpc) is 2.77. The van der Waals surface area contributed by atoms with Crippen molar-refractivity contribution in [2.45, 2.75) is 42.8 Å². The third kappa shape index (κ3) is 6.87. The Bertz CT molecular complexity index is 821. The van der Waals surface area contributed by atoms with E-state index in [-0.39, 0.29) is 38.4 Å². The number of aliphatic hydroxyl groups excluding tert-OH is 2. The number of hydrogen-bond acceptors (Lipinski definition) is 5. The predicted molar refractivity (Wildman–Crippen MR) is 115 cm³/mol. The Labute approximate surface area is 199 Å². The lowest BCUT2D eigenvalue weighted by Gasteiger charge is -2.38. The van der Waals surface area contributed by atoms with E-state index in [1.165, 1.54) is 26.4 Å². The summed E-state index contributed by atoms with van der Waals surface area (Å²) in [6.45, 7) is -0.240. The molecular weight excluding hydrogens is 482 g/mol. The van der Waals surface area contributed by atoms with Gasteiger partial charge in [-0.05, 0) is 41.7 Å². The molecule has 196 valence electrons. The molecule has 2 aromatic carbocycles. The van der Waals surface area contributed by atoms with Crippen molar-refractivity contribution in [1.29, 1.82) is 0 Å². The van der Waals surface area contributed by atoms with Crippen LogP contribution in [0.4, 0.5) is 26.3 Å². The van der Waals surface area contributed by atoms with Gasteiger partial charge in [-0.2, -0.15) is 26.3 Å². The molecule has 0 amide bonds. The number of hydrogen-bond donors (Lipinski definition) is 2. The van der Waals surface area contributed by atoms with Gasteiger partial charge < -0.3 is 24.4 Å². The lowest BCUT2D eigenvalue weighted by molar-refractivity contribution is -0.288. The number of rotatable bonds is 12. The minimum Gasteiger partial charge on any atom is -0.491 e. The van der Waals surface area contributed by atoms with Crippen molar-refractivity contribution in [3.63, 3.8) is 0 Å². The van der Waals surface area contributed by atoms with Crippen molar-refractivity contribution in [2.75, 3.05) is 34.0 Å². The van der Waals surface area contributed by atoms with Crippen LogP contribution in [0.2, 0.25) is 0 Å². The van der Waals surface area contributed by atoms with Gasteiger partial charge in [-0.3, -0.25) is 0 Å². The van der Waals surface area contributed by atoms with E-state index in [0.717, 1.165) is 24.3 Å². The van der Waals surface area contributed by atoms with Gasteiger partial charge in [0, 0.05) is 14.2 Å². The highest BCUT2D eigenvalue weighted by Crippen LogP contribution is 2.56. The summed E-state index contributed by atoms with van der Waals surface area (Å²) in [5, 5.41) is 19.3. The Morgan fingerprint density at radius 2 is 1.14 bits per heavy atom. The fraction of sp³-hybridized carbons (Fsp3) is 0.500. The standard InChI is InChI=1S/C24H28F6O5/c1-33-13-19(31)10-5-16-3-6-17(7-4-16)22(23(25,26)27,24(28,29)30)18-8-11-21(12-9-18)35-15-20(32)14-34-2/h3-4,6-9,11-12,19-20,31-32H,5,10,13-15H2,1-2H3. The molecule has 0 radical (unpaired) electrons. The molecule has 11 heteroatoms. The molecular formula is C24H28F6O5. The molecule has 5 nitrogen and oxygen atoms in total. The maximum Gasteiger partial charge on any atom is 0.411 e. The predicted octanol–water partition coefficient (Wildman–Crippen LogP) is 4.42. The summed E-state index contributed by atoms with van der Waals surface area (Å²) >= 11 is 0. The van der Waals surface area contributed by atoms with Crippen LogP contribution in [0.15, 0.2) is 48.5 Å². The van der Waals surface area contributed by atoms with Gasteiger partial charge in [-0.1, -0.05) is 36.4 Å². The molecule has 2 aromatic rings. The zero-order valence-corrected chi connectivity index (χ0v) is 19.2. The molecule has 0 bridgehead atoms. The van der Waals surface area contributed by atoms with Gasteiger partial charge in [0.2, 0.25) is 5.41 Å². The molecule has 0 aliphatic heterocycles. The molecule has 0 aliphatic carbocycles. The summed E-state index contributed by atoms with van der Waals surface area (Å²) in [5.41, 5.74) is -5.81. The maximum atomic E-state index is 14.3. The van der Waals surface area contributed by atoms with Crippen LogP contribution >= 0.6 is 0 Å². The summed E-state index contributed by atoms with van der Waals surface area (Å²) in [6, 6.07) is 7.42. The molecule has 2 N–H and O–H groups in total. The molecule has 0 aromatic heterocycles. The normalized spacial score (nSPS) is 14.6. The van der Waals surface area contributed by atoms with Gasteiger partial charge in [0.15, 0.2) is 0 Å². The molecule has 2 rings (SSSR count). The molecule has 0 saturated heterocycles. The average molecular weight is 510 g/mol. The van der Waals surface area contributed by atoms with Crippen LogP contribution in [0.5, 0.6) is 5.75 Å². The van der Waals surface area contributed by atoms with Crippen molar-refractivity contribution in [3.8, 4) is 5.75 Å². The summed E-state index contributed by atoms with van der Waals surface area (Å²) in [5.74, 6) is -0.00730. The monoisotopic (exact) mass is 510 g/mol. The third-order valence-corrected chi connectivity index (χ3v) is 5.45. The molecule has 0 saturated carbocycles. The number of halogens is 6. The zero-order chi connectivity index (χ0) is 26.3. The Morgan fingerprint density at radius 3 is 1.60 bits per heavy atom. The van der Waals surface area contributed by atoms with Crippen LogP contribution in [0, 0.1) is 0 Å². The first-order valence-corrected chi connectivity index (χ1v) is 10.7. The largest absolute Gasteiger partial charge is 0.491 e. The summed E-state index contributed by atoms with van der Waals surface area (Å²) in [6.07, 6.45) is -12.8. The second-order valence-electron chi connectivity index (χ2n) is 8.03. The van der Waals surface area contributed by atoms with Gasteiger partial charge in [0.25, 0.3) is 0 Å². The molecule has 0 fully saturated rings. The maximum absolute atomic E-state index is 14.3. The second kappa shape index (κ2) is 12.1. The van der Waals surface area contributed by atoms with E-state index in [2.05, 4.69) is 0 Å². The Hall–Kier alpha value is -2.34. The van der Waals surface area contributed by atoms with E-state index in [1.54, 1.807) is 0 Å². The fourth-order valence-corrected chi connectivity index (χ4v) is 3.75. The summed E-state index contributed by atoms with van der Waals surface area (Å²) in [4.78, 5) is 0. The van der Waals surface area contributed by atoms with Crippen molar-refractivity contribution < 1.29 is 50.8 Å². The minimum absolute atomic E-state index is 0.00730. The molecule has 2 atom stereocenters. The van der Waals surface area contributed by atoms with Crippen LogP contribution in [0.1, 0.15) is 23.1 Å². The van der Waals surface area contributed by atoms with Crippen LogP contribution < -0.4 is 4.74 Å². The first-order chi connectivity index (χ1) is 16.4. The zero-order valence-electron chi connectivity index (χ0n) is 19.2. The van der Waals surface area contributed by atoms with Gasteiger partial charge in [-0.25, -0.2) is 0 Å². The van der Waals surface area contributed by atoms with Crippen LogP contribution in [-0.4, -0.2) is 68.8 Å². The van der Waals surface area contributed by atoms with Crippen molar-refractivity contribution in [2.24, 2.45) is 0 Å². The highest BCUT2D eigenvalue weighted by molar-refractivity contribution is 5.46. The first kappa shape index (κ1) is 28.9. The number of ether oxygens (including phenoxy) is 3. The molecule has 0 aliphatic rings. The highest BCUT2D eigenvalue weighted by atomic mass is 19.4. The lowest BCUT2D eigenvalue weighted by atomic mass is 9.72. The molecule has 0 heterocycles. The topological polar surface area (TPSA) is 68.2 Å². The Balaban J connectivity index is 2.41. The van der Waals surface area contributed by atoms with Crippen LogP contribution in [0.3, 0.4) is 0 Å². The van der Waals surface area contributed by atoms with E-state index in [1.807, 2.05) is 0 Å². The van der Waals surface area contributed by atoms with E-state index in [4.69, 9.17) is 14.2 Å². The minimum atomic E-state index is -5.71.